The van der Waals surface area contributed by atoms with E-state index in [-0.39, 0.29) is 11.8 Å². The number of fused-ring (bicyclic) bond motifs is 1. The second-order valence-corrected chi connectivity index (χ2v) is 7.60. The van der Waals surface area contributed by atoms with Crippen LogP contribution in [0.3, 0.4) is 0 Å². The molecule has 3 aromatic carbocycles. The summed E-state index contributed by atoms with van der Waals surface area (Å²) in [5, 5.41) is 6.17. The van der Waals surface area contributed by atoms with Crippen molar-refractivity contribution in [3.63, 3.8) is 0 Å². The maximum atomic E-state index is 12.5. The molecule has 0 spiro atoms. The molecule has 2 N–H and O–H groups in total. The highest BCUT2D eigenvalue weighted by atomic mass is 32.1. The predicted molar refractivity (Wildman–Crippen MR) is 122 cm³/mol. The first-order valence-electron chi connectivity index (χ1n) is 9.37. The van der Waals surface area contributed by atoms with E-state index in [1.54, 1.807) is 74.9 Å². The number of nitrogens with zero attached hydrogens (tertiary/aromatic N) is 1. The second kappa shape index (κ2) is 8.85. The number of hydrogen-bond acceptors (Lipinski definition) is 6. The van der Waals surface area contributed by atoms with E-state index in [9.17, 15) is 9.59 Å². The SMILES string of the molecule is COc1ccc(C(=O)Nc2ccc3nc(NC(=O)c4ccc(OC)cc4)sc3c2)cc1. The first-order valence-corrected chi connectivity index (χ1v) is 10.2. The summed E-state index contributed by atoms with van der Waals surface area (Å²) in [5.74, 6) is 0.891. The molecule has 0 radical (unpaired) electrons. The van der Waals surface area contributed by atoms with Gasteiger partial charge in [-0.05, 0) is 66.7 Å². The lowest BCUT2D eigenvalue weighted by molar-refractivity contribution is 0.101. The molecule has 0 aliphatic heterocycles. The summed E-state index contributed by atoms with van der Waals surface area (Å²) in [4.78, 5) is 29.4. The summed E-state index contributed by atoms with van der Waals surface area (Å²) in [6.07, 6.45) is 0. The van der Waals surface area contributed by atoms with Crippen molar-refractivity contribution in [1.29, 1.82) is 0 Å². The minimum Gasteiger partial charge on any atom is -0.497 e. The molecule has 0 unspecified atom stereocenters. The zero-order valence-corrected chi connectivity index (χ0v) is 17.7. The van der Waals surface area contributed by atoms with Crippen LogP contribution >= 0.6 is 11.3 Å². The monoisotopic (exact) mass is 433 g/mol. The van der Waals surface area contributed by atoms with E-state index in [0.717, 1.165) is 10.2 Å². The van der Waals surface area contributed by atoms with Crippen LogP contribution in [-0.2, 0) is 0 Å². The molecule has 0 saturated heterocycles. The lowest BCUT2D eigenvalue weighted by Crippen LogP contribution is -2.11. The smallest absolute Gasteiger partial charge is 0.257 e. The lowest BCUT2D eigenvalue weighted by atomic mass is 10.2. The fraction of sp³-hybridized carbons (Fsp3) is 0.0870. The number of benzene rings is 3. The van der Waals surface area contributed by atoms with Crippen molar-refractivity contribution in [3.8, 4) is 11.5 Å². The molecule has 0 fully saturated rings. The molecule has 2 amide bonds. The van der Waals surface area contributed by atoms with Gasteiger partial charge in [0.2, 0.25) is 0 Å². The van der Waals surface area contributed by atoms with Gasteiger partial charge in [0.05, 0.1) is 24.4 Å². The Morgan fingerprint density at radius 2 is 1.32 bits per heavy atom. The fourth-order valence-corrected chi connectivity index (χ4v) is 3.81. The minimum atomic E-state index is -0.255. The Morgan fingerprint density at radius 3 is 1.87 bits per heavy atom. The first kappa shape index (κ1) is 20.4. The molecule has 0 atom stereocenters. The highest BCUT2D eigenvalue weighted by Crippen LogP contribution is 2.29. The van der Waals surface area contributed by atoms with Gasteiger partial charge in [0.1, 0.15) is 11.5 Å². The van der Waals surface area contributed by atoms with Crippen LogP contribution in [0.2, 0.25) is 0 Å². The van der Waals surface area contributed by atoms with Crippen molar-refractivity contribution < 1.29 is 19.1 Å². The minimum absolute atomic E-state index is 0.223. The van der Waals surface area contributed by atoms with Crippen molar-refractivity contribution in [3.05, 3.63) is 77.9 Å². The van der Waals surface area contributed by atoms with E-state index in [1.165, 1.54) is 11.3 Å². The van der Waals surface area contributed by atoms with Gasteiger partial charge in [-0.15, -0.1) is 0 Å². The number of carbonyl (C=O) groups excluding carboxylic acids is 2. The van der Waals surface area contributed by atoms with Crippen molar-refractivity contribution in [2.75, 3.05) is 24.9 Å². The van der Waals surface area contributed by atoms with Crippen LogP contribution in [0.4, 0.5) is 10.8 Å². The Balaban J connectivity index is 1.47. The van der Waals surface area contributed by atoms with Gasteiger partial charge in [-0.2, -0.15) is 0 Å². The maximum Gasteiger partial charge on any atom is 0.257 e. The molecular weight excluding hydrogens is 414 g/mol. The largest absolute Gasteiger partial charge is 0.497 e. The van der Waals surface area contributed by atoms with Gasteiger partial charge in [0.15, 0.2) is 5.13 Å². The van der Waals surface area contributed by atoms with Crippen LogP contribution in [0.25, 0.3) is 10.2 Å². The number of hydrogen-bond donors (Lipinski definition) is 2. The molecule has 4 aromatic rings. The van der Waals surface area contributed by atoms with Crippen LogP contribution < -0.4 is 20.1 Å². The van der Waals surface area contributed by atoms with Crippen LogP contribution in [0.1, 0.15) is 20.7 Å². The average Bonchev–Trinajstić information content (AvgIpc) is 3.20. The number of anilines is 2. The molecular formula is C23H19N3O4S. The van der Waals surface area contributed by atoms with E-state index in [1.807, 2.05) is 6.07 Å². The Labute approximate surface area is 182 Å². The summed E-state index contributed by atoms with van der Waals surface area (Å²) >= 11 is 1.33. The zero-order chi connectivity index (χ0) is 21.8. The van der Waals surface area contributed by atoms with E-state index < -0.39 is 0 Å². The molecule has 1 aromatic heterocycles. The number of carbonyl (C=O) groups is 2. The highest BCUT2D eigenvalue weighted by Gasteiger charge is 2.12. The molecule has 0 aliphatic rings. The summed E-state index contributed by atoms with van der Waals surface area (Å²) in [5.41, 5.74) is 2.41. The van der Waals surface area contributed by atoms with Gasteiger partial charge < -0.3 is 14.8 Å². The van der Waals surface area contributed by atoms with Crippen LogP contribution in [0.15, 0.2) is 66.7 Å². The summed E-state index contributed by atoms with van der Waals surface area (Å²) in [6, 6.07) is 19.1. The number of ether oxygens (including phenoxy) is 2. The van der Waals surface area contributed by atoms with E-state index in [0.29, 0.717) is 33.4 Å². The normalized spacial score (nSPS) is 10.5. The molecule has 1 heterocycles. The molecule has 4 rings (SSSR count). The number of aromatic nitrogens is 1. The summed E-state index contributed by atoms with van der Waals surface area (Å²) < 4.78 is 11.1. The number of thiazole rings is 1. The van der Waals surface area contributed by atoms with Crippen molar-refractivity contribution >= 4 is 44.2 Å². The topological polar surface area (TPSA) is 89.5 Å². The second-order valence-electron chi connectivity index (χ2n) is 6.57. The quantitative estimate of drug-likeness (QED) is 0.455. The standard InChI is InChI=1S/C23H19N3O4S/c1-29-17-8-3-14(4-9-17)21(27)24-16-7-12-19-20(13-16)31-23(25-19)26-22(28)15-5-10-18(30-2)11-6-15/h3-13H,1-2H3,(H,24,27)(H,25,26,28). The maximum absolute atomic E-state index is 12.5. The first-order chi connectivity index (χ1) is 15.1. The van der Waals surface area contributed by atoms with Crippen LogP contribution in [-0.4, -0.2) is 31.0 Å². The van der Waals surface area contributed by atoms with E-state index in [2.05, 4.69) is 15.6 Å². The van der Waals surface area contributed by atoms with Gasteiger partial charge in [-0.1, -0.05) is 11.3 Å². The molecule has 31 heavy (non-hydrogen) atoms. The third kappa shape index (κ3) is 4.65. The van der Waals surface area contributed by atoms with Crippen LogP contribution in [0, 0.1) is 0 Å². The highest BCUT2D eigenvalue weighted by molar-refractivity contribution is 7.22. The Hall–Kier alpha value is -3.91. The molecule has 7 nitrogen and oxygen atoms in total. The van der Waals surface area contributed by atoms with Crippen molar-refractivity contribution in [2.24, 2.45) is 0 Å². The third-order valence-electron chi connectivity index (χ3n) is 4.57. The fourth-order valence-electron chi connectivity index (χ4n) is 2.91. The number of rotatable bonds is 6. The van der Waals surface area contributed by atoms with Gasteiger partial charge >= 0.3 is 0 Å². The van der Waals surface area contributed by atoms with E-state index in [4.69, 9.17) is 9.47 Å². The van der Waals surface area contributed by atoms with E-state index >= 15 is 0 Å². The molecule has 0 bridgehead atoms. The van der Waals surface area contributed by atoms with Gasteiger partial charge in [0.25, 0.3) is 11.8 Å². The Kier molecular flexibility index (Phi) is 5.81. The van der Waals surface area contributed by atoms with Gasteiger partial charge in [-0.3, -0.25) is 14.9 Å². The van der Waals surface area contributed by atoms with Gasteiger partial charge in [0, 0.05) is 16.8 Å². The summed E-state index contributed by atoms with van der Waals surface area (Å²) in [6.45, 7) is 0. The van der Waals surface area contributed by atoms with Crippen molar-refractivity contribution in [2.45, 2.75) is 0 Å². The van der Waals surface area contributed by atoms with Crippen LogP contribution in [0.5, 0.6) is 11.5 Å². The van der Waals surface area contributed by atoms with Crippen molar-refractivity contribution in [1.82, 2.24) is 4.98 Å². The predicted octanol–water partition coefficient (Wildman–Crippen LogP) is 4.82. The Bertz CT molecular complexity index is 1170. The summed E-state index contributed by atoms with van der Waals surface area (Å²) in [7, 11) is 3.15. The lowest BCUT2D eigenvalue weighted by Gasteiger charge is -2.06. The number of nitrogens with one attached hydrogen (secondary N) is 2. The molecule has 156 valence electrons. The number of amides is 2. The number of methoxy groups -OCH3 is 2. The van der Waals surface area contributed by atoms with Gasteiger partial charge in [-0.25, -0.2) is 4.98 Å². The molecule has 0 aliphatic carbocycles. The molecule has 0 saturated carbocycles. The molecule has 8 heteroatoms. The third-order valence-corrected chi connectivity index (χ3v) is 5.50. The average molecular weight is 433 g/mol. The zero-order valence-electron chi connectivity index (χ0n) is 16.8. The Morgan fingerprint density at radius 1 is 0.774 bits per heavy atom.